The number of hydrogen-bond donors (Lipinski definition) is 1. The summed E-state index contributed by atoms with van der Waals surface area (Å²) in [7, 11) is 0. The molecule has 1 unspecified atom stereocenters. The zero-order valence-electron chi connectivity index (χ0n) is 13.8. The van der Waals surface area contributed by atoms with E-state index in [-0.39, 0.29) is 18.4 Å². The summed E-state index contributed by atoms with van der Waals surface area (Å²) in [6, 6.07) is 14.3. The first kappa shape index (κ1) is 18.5. The van der Waals surface area contributed by atoms with E-state index in [9.17, 15) is 0 Å². The normalized spacial score (nSPS) is 16.1. The first-order valence-corrected chi connectivity index (χ1v) is 8.34. The SMILES string of the molecule is Cl.N#Cc1cccc(CNCC(c2ccco2)N2CCCCC2)c1. The van der Waals surface area contributed by atoms with E-state index in [2.05, 4.69) is 28.4 Å². The van der Waals surface area contributed by atoms with Gasteiger partial charge in [-0.1, -0.05) is 18.6 Å². The summed E-state index contributed by atoms with van der Waals surface area (Å²) in [6.45, 7) is 3.89. The van der Waals surface area contributed by atoms with Crippen molar-refractivity contribution in [3.8, 4) is 6.07 Å². The van der Waals surface area contributed by atoms with Crippen molar-refractivity contribution in [2.45, 2.75) is 31.8 Å². The molecule has 1 N–H and O–H groups in total. The monoisotopic (exact) mass is 345 g/mol. The van der Waals surface area contributed by atoms with Crippen LogP contribution in [0.3, 0.4) is 0 Å². The number of rotatable bonds is 6. The van der Waals surface area contributed by atoms with Gasteiger partial charge < -0.3 is 9.73 Å². The summed E-state index contributed by atoms with van der Waals surface area (Å²) in [5.41, 5.74) is 1.85. The first-order valence-electron chi connectivity index (χ1n) is 8.34. The van der Waals surface area contributed by atoms with E-state index in [0.29, 0.717) is 5.56 Å². The van der Waals surface area contributed by atoms with Crippen molar-refractivity contribution in [2.75, 3.05) is 19.6 Å². The van der Waals surface area contributed by atoms with Gasteiger partial charge in [-0.25, -0.2) is 0 Å². The molecule has 0 radical (unpaired) electrons. The highest BCUT2D eigenvalue weighted by molar-refractivity contribution is 5.85. The maximum atomic E-state index is 8.98. The Balaban J connectivity index is 0.00000208. The van der Waals surface area contributed by atoms with Gasteiger partial charge in [0.1, 0.15) is 5.76 Å². The summed E-state index contributed by atoms with van der Waals surface area (Å²) < 4.78 is 5.66. The third kappa shape index (κ3) is 4.85. The molecular formula is C19H24ClN3O. The van der Waals surface area contributed by atoms with Gasteiger partial charge in [0.05, 0.1) is 23.9 Å². The zero-order valence-corrected chi connectivity index (χ0v) is 14.6. The Labute approximate surface area is 149 Å². The molecule has 0 amide bonds. The Bertz CT molecular complexity index is 645. The van der Waals surface area contributed by atoms with Gasteiger partial charge in [0.25, 0.3) is 0 Å². The van der Waals surface area contributed by atoms with E-state index in [4.69, 9.17) is 9.68 Å². The van der Waals surface area contributed by atoms with Crippen LogP contribution in [0.4, 0.5) is 0 Å². The Morgan fingerprint density at radius 2 is 2.00 bits per heavy atom. The number of furan rings is 1. The van der Waals surface area contributed by atoms with Crippen LogP contribution in [-0.4, -0.2) is 24.5 Å². The van der Waals surface area contributed by atoms with Crippen molar-refractivity contribution in [3.63, 3.8) is 0 Å². The number of nitrogens with zero attached hydrogens (tertiary/aromatic N) is 2. The fourth-order valence-corrected chi connectivity index (χ4v) is 3.22. The predicted octanol–water partition coefficient (Wildman–Crippen LogP) is 3.89. The molecule has 1 saturated heterocycles. The maximum absolute atomic E-state index is 8.98. The Kier molecular flexibility index (Phi) is 7.33. The average molecular weight is 346 g/mol. The summed E-state index contributed by atoms with van der Waals surface area (Å²) in [6.07, 6.45) is 5.61. The van der Waals surface area contributed by atoms with Crippen LogP contribution in [0.1, 0.15) is 42.2 Å². The Morgan fingerprint density at radius 1 is 1.17 bits per heavy atom. The van der Waals surface area contributed by atoms with Crippen LogP contribution < -0.4 is 5.32 Å². The molecule has 0 spiro atoms. The highest BCUT2D eigenvalue weighted by Gasteiger charge is 2.23. The van der Waals surface area contributed by atoms with E-state index in [1.165, 1.54) is 19.3 Å². The van der Waals surface area contributed by atoms with Crippen molar-refractivity contribution in [1.82, 2.24) is 10.2 Å². The van der Waals surface area contributed by atoms with Crippen LogP contribution in [0, 0.1) is 11.3 Å². The third-order valence-corrected chi connectivity index (χ3v) is 4.43. The third-order valence-electron chi connectivity index (χ3n) is 4.43. The van der Waals surface area contributed by atoms with Gasteiger partial charge in [-0.05, 0) is 55.8 Å². The molecule has 1 atom stereocenters. The molecule has 0 aliphatic carbocycles. The van der Waals surface area contributed by atoms with Gasteiger partial charge in [-0.15, -0.1) is 12.4 Å². The molecule has 1 aliphatic heterocycles. The Hall–Kier alpha value is -1.80. The zero-order chi connectivity index (χ0) is 15.9. The van der Waals surface area contributed by atoms with Crippen LogP contribution in [0.2, 0.25) is 0 Å². The number of halogens is 1. The second-order valence-electron chi connectivity index (χ2n) is 6.07. The minimum atomic E-state index is 0. The quantitative estimate of drug-likeness (QED) is 0.863. The number of hydrogen-bond acceptors (Lipinski definition) is 4. The van der Waals surface area contributed by atoms with Crippen LogP contribution in [0.15, 0.2) is 47.1 Å². The van der Waals surface area contributed by atoms with E-state index in [0.717, 1.165) is 37.5 Å². The molecule has 1 fully saturated rings. The van der Waals surface area contributed by atoms with Crippen LogP contribution in [0.5, 0.6) is 0 Å². The van der Waals surface area contributed by atoms with Gasteiger partial charge in [-0.2, -0.15) is 5.26 Å². The molecule has 4 nitrogen and oxygen atoms in total. The highest BCUT2D eigenvalue weighted by Crippen LogP contribution is 2.24. The standard InChI is InChI=1S/C19H23N3O.ClH/c20-13-16-6-4-7-17(12-16)14-21-15-18(19-8-5-11-23-19)22-9-2-1-3-10-22;/h4-8,11-12,18,21H,1-3,9-10,14-15H2;1H. The van der Waals surface area contributed by atoms with E-state index in [1.54, 1.807) is 6.26 Å². The molecule has 1 aromatic heterocycles. The van der Waals surface area contributed by atoms with Crippen LogP contribution in [-0.2, 0) is 6.54 Å². The van der Waals surface area contributed by atoms with Crippen molar-refractivity contribution < 1.29 is 4.42 Å². The van der Waals surface area contributed by atoms with Crippen molar-refractivity contribution in [2.24, 2.45) is 0 Å². The summed E-state index contributed by atoms with van der Waals surface area (Å²) in [5.74, 6) is 1.03. The topological polar surface area (TPSA) is 52.2 Å². The van der Waals surface area contributed by atoms with E-state index >= 15 is 0 Å². The maximum Gasteiger partial charge on any atom is 0.122 e. The number of piperidine rings is 1. The van der Waals surface area contributed by atoms with Crippen molar-refractivity contribution in [1.29, 1.82) is 5.26 Å². The molecule has 2 aromatic rings. The molecule has 3 rings (SSSR count). The highest BCUT2D eigenvalue weighted by atomic mass is 35.5. The largest absolute Gasteiger partial charge is 0.468 e. The average Bonchev–Trinajstić information content (AvgIpc) is 3.14. The second kappa shape index (κ2) is 9.48. The smallest absolute Gasteiger partial charge is 0.122 e. The van der Waals surface area contributed by atoms with Crippen LogP contribution in [0.25, 0.3) is 0 Å². The predicted molar refractivity (Wildman–Crippen MR) is 97.0 cm³/mol. The van der Waals surface area contributed by atoms with Gasteiger partial charge in [-0.3, -0.25) is 4.90 Å². The molecular weight excluding hydrogens is 322 g/mol. The molecule has 0 bridgehead atoms. The number of benzene rings is 1. The lowest BCUT2D eigenvalue weighted by Gasteiger charge is -2.33. The first-order chi connectivity index (χ1) is 11.4. The molecule has 0 saturated carbocycles. The molecule has 2 heterocycles. The lowest BCUT2D eigenvalue weighted by atomic mass is 10.1. The summed E-state index contributed by atoms with van der Waals surface area (Å²) >= 11 is 0. The van der Waals surface area contributed by atoms with Gasteiger partial charge >= 0.3 is 0 Å². The second-order valence-corrected chi connectivity index (χ2v) is 6.07. The van der Waals surface area contributed by atoms with Crippen LogP contribution >= 0.6 is 12.4 Å². The summed E-state index contributed by atoms with van der Waals surface area (Å²) in [5, 5.41) is 12.5. The minimum absolute atomic E-state index is 0. The number of nitriles is 1. The lowest BCUT2D eigenvalue weighted by molar-refractivity contribution is 0.142. The van der Waals surface area contributed by atoms with E-state index in [1.807, 2.05) is 24.3 Å². The fraction of sp³-hybridized carbons (Fsp3) is 0.421. The van der Waals surface area contributed by atoms with Crippen molar-refractivity contribution in [3.05, 3.63) is 59.5 Å². The molecule has 24 heavy (non-hydrogen) atoms. The Morgan fingerprint density at radius 3 is 2.71 bits per heavy atom. The minimum Gasteiger partial charge on any atom is -0.468 e. The number of likely N-dealkylation sites (tertiary alicyclic amines) is 1. The molecule has 1 aliphatic rings. The summed E-state index contributed by atoms with van der Waals surface area (Å²) in [4.78, 5) is 2.51. The van der Waals surface area contributed by atoms with Gasteiger partial charge in [0.2, 0.25) is 0 Å². The van der Waals surface area contributed by atoms with Gasteiger partial charge in [0, 0.05) is 13.1 Å². The van der Waals surface area contributed by atoms with E-state index < -0.39 is 0 Å². The fourth-order valence-electron chi connectivity index (χ4n) is 3.22. The molecule has 5 heteroatoms. The number of nitrogens with one attached hydrogen (secondary N) is 1. The molecule has 128 valence electrons. The molecule has 1 aromatic carbocycles. The van der Waals surface area contributed by atoms with Gasteiger partial charge in [0.15, 0.2) is 0 Å². The van der Waals surface area contributed by atoms with Crippen molar-refractivity contribution >= 4 is 12.4 Å². The lowest BCUT2D eigenvalue weighted by Crippen LogP contribution is -2.38.